The van der Waals surface area contributed by atoms with E-state index in [2.05, 4.69) is 10.2 Å². The highest BCUT2D eigenvalue weighted by atomic mass is 35.5. The minimum atomic E-state index is 0.0275. The second-order valence-electron chi connectivity index (χ2n) is 7.48. The van der Waals surface area contributed by atoms with Crippen LogP contribution in [0.3, 0.4) is 0 Å². The summed E-state index contributed by atoms with van der Waals surface area (Å²) in [6.45, 7) is 6.55. The zero-order valence-corrected chi connectivity index (χ0v) is 17.8. The van der Waals surface area contributed by atoms with E-state index in [9.17, 15) is 4.79 Å². The largest absolute Gasteiger partial charge is 0.491 e. The van der Waals surface area contributed by atoms with Crippen LogP contribution >= 0.6 is 23.2 Å². The van der Waals surface area contributed by atoms with Crippen LogP contribution in [0.15, 0.2) is 42.5 Å². The van der Waals surface area contributed by atoms with Crippen molar-refractivity contribution in [2.24, 2.45) is 5.92 Å². The van der Waals surface area contributed by atoms with Gasteiger partial charge in [0.15, 0.2) is 0 Å². The van der Waals surface area contributed by atoms with Gasteiger partial charge in [-0.15, -0.1) is 0 Å². The van der Waals surface area contributed by atoms with E-state index in [0.717, 1.165) is 49.5 Å². The summed E-state index contributed by atoms with van der Waals surface area (Å²) >= 11 is 12.1. The number of rotatable bonds is 6. The SMILES string of the molecule is CC(C)Oc1cccc(NC(=O)C2CCN(Cc3ccc(Cl)c(Cl)c3)CC2)c1. The van der Waals surface area contributed by atoms with Gasteiger partial charge in [0.25, 0.3) is 0 Å². The van der Waals surface area contributed by atoms with Crippen LogP contribution in [0.25, 0.3) is 0 Å². The lowest BCUT2D eigenvalue weighted by atomic mass is 9.95. The van der Waals surface area contributed by atoms with Crippen LogP contribution in [0.5, 0.6) is 5.75 Å². The summed E-state index contributed by atoms with van der Waals surface area (Å²) < 4.78 is 5.69. The van der Waals surface area contributed by atoms with Crippen LogP contribution in [0.2, 0.25) is 10.0 Å². The minimum Gasteiger partial charge on any atom is -0.491 e. The topological polar surface area (TPSA) is 41.6 Å². The van der Waals surface area contributed by atoms with Crippen LogP contribution < -0.4 is 10.1 Å². The molecule has 1 aliphatic rings. The fourth-order valence-electron chi connectivity index (χ4n) is 3.41. The normalized spacial score (nSPS) is 15.6. The van der Waals surface area contributed by atoms with E-state index >= 15 is 0 Å². The molecule has 28 heavy (non-hydrogen) atoms. The lowest BCUT2D eigenvalue weighted by Crippen LogP contribution is -2.37. The van der Waals surface area contributed by atoms with Gasteiger partial charge in [-0.25, -0.2) is 0 Å². The number of nitrogens with zero attached hydrogens (tertiary/aromatic N) is 1. The zero-order valence-electron chi connectivity index (χ0n) is 16.3. The van der Waals surface area contributed by atoms with Crippen LogP contribution in [0.4, 0.5) is 5.69 Å². The number of benzene rings is 2. The number of carbonyl (C=O) groups is 1. The number of piperidine rings is 1. The Morgan fingerprint density at radius 1 is 1.14 bits per heavy atom. The van der Waals surface area contributed by atoms with Gasteiger partial charge in [-0.05, 0) is 69.6 Å². The molecule has 1 N–H and O–H groups in total. The molecule has 0 saturated carbocycles. The Kier molecular flexibility index (Phi) is 7.22. The van der Waals surface area contributed by atoms with Gasteiger partial charge in [-0.1, -0.05) is 35.3 Å². The van der Waals surface area contributed by atoms with Crippen molar-refractivity contribution < 1.29 is 9.53 Å². The number of ether oxygens (including phenoxy) is 1. The van der Waals surface area contributed by atoms with Gasteiger partial charge in [-0.2, -0.15) is 0 Å². The zero-order chi connectivity index (χ0) is 20.1. The molecule has 0 spiro atoms. The van der Waals surface area contributed by atoms with E-state index in [1.165, 1.54) is 0 Å². The van der Waals surface area contributed by atoms with Crippen molar-refractivity contribution in [3.63, 3.8) is 0 Å². The molecule has 1 heterocycles. The molecule has 0 atom stereocenters. The first-order valence-corrected chi connectivity index (χ1v) is 10.4. The van der Waals surface area contributed by atoms with Crippen molar-refractivity contribution in [2.75, 3.05) is 18.4 Å². The van der Waals surface area contributed by atoms with Crippen molar-refractivity contribution in [1.82, 2.24) is 4.90 Å². The molecule has 0 aliphatic carbocycles. The summed E-state index contributed by atoms with van der Waals surface area (Å²) in [4.78, 5) is 15.0. The lowest BCUT2D eigenvalue weighted by Gasteiger charge is -2.31. The number of anilines is 1. The fraction of sp³-hybridized carbons (Fsp3) is 0.409. The Bertz CT molecular complexity index is 818. The highest BCUT2D eigenvalue weighted by Gasteiger charge is 2.25. The predicted molar refractivity (Wildman–Crippen MR) is 115 cm³/mol. The summed E-state index contributed by atoms with van der Waals surface area (Å²) in [5, 5.41) is 4.19. The van der Waals surface area contributed by atoms with Crippen molar-refractivity contribution in [3.8, 4) is 5.75 Å². The van der Waals surface area contributed by atoms with Gasteiger partial charge in [0.2, 0.25) is 5.91 Å². The molecule has 6 heteroatoms. The van der Waals surface area contributed by atoms with Crippen LogP contribution in [-0.4, -0.2) is 30.0 Å². The highest BCUT2D eigenvalue weighted by Crippen LogP contribution is 2.26. The molecule has 0 radical (unpaired) electrons. The van der Waals surface area contributed by atoms with E-state index < -0.39 is 0 Å². The number of carbonyl (C=O) groups excluding carboxylic acids is 1. The fourth-order valence-corrected chi connectivity index (χ4v) is 3.73. The summed E-state index contributed by atoms with van der Waals surface area (Å²) in [6, 6.07) is 13.3. The van der Waals surface area contributed by atoms with Gasteiger partial charge in [0.1, 0.15) is 5.75 Å². The molecule has 1 fully saturated rings. The molecule has 4 nitrogen and oxygen atoms in total. The maximum absolute atomic E-state index is 12.6. The Labute approximate surface area is 176 Å². The molecule has 0 aromatic heterocycles. The van der Waals surface area contributed by atoms with Gasteiger partial charge in [0, 0.05) is 24.2 Å². The average molecular weight is 421 g/mol. The molecular weight excluding hydrogens is 395 g/mol. The summed E-state index contributed by atoms with van der Waals surface area (Å²) in [7, 11) is 0. The third kappa shape index (κ3) is 5.87. The lowest BCUT2D eigenvalue weighted by molar-refractivity contribution is -0.121. The van der Waals surface area contributed by atoms with E-state index in [-0.39, 0.29) is 17.9 Å². The first-order valence-electron chi connectivity index (χ1n) is 9.64. The van der Waals surface area contributed by atoms with Crippen LogP contribution in [0, 0.1) is 5.92 Å². The van der Waals surface area contributed by atoms with Gasteiger partial charge >= 0.3 is 0 Å². The number of hydrogen-bond acceptors (Lipinski definition) is 3. The molecule has 2 aromatic carbocycles. The number of hydrogen-bond donors (Lipinski definition) is 1. The first kappa shape index (κ1) is 21.0. The first-order chi connectivity index (χ1) is 13.4. The van der Waals surface area contributed by atoms with E-state index in [1.807, 2.05) is 56.3 Å². The van der Waals surface area contributed by atoms with E-state index in [4.69, 9.17) is 27.9 Å². The van der Waals surface area contributed by atoms with Crippen LogP contribution in [0.1, 0.15) is 32.3 Å². The second kappa shape index (κ2) is 9.64. The van der Waals surface area contributed by atoms with E-state index in [1.54, 1.807) is 0 Å². The quantitative estimate of drug-likeness (QED) is 0.657. The number of halogens is 2. The standard InChI is InChI=1S/C22H26Cl2N2O2/c1-15(2)28-19-5-3-4-18(13-19)25-22(27)17-8-10-26(11-9-17)14-16-6-7-20(23)21(24)12-16/h3-7,12-13,15,17H,8-11,14H2,1-2H3,(H,25,27). The summed E-state index contributed by atoms with van der Waals surface area (Å²) in [5.74, 6) is 0.875. The molecule has 0 unspecified atom stereocenters. The van der Waals surface area contributed by atoms with E-state index in [0.29, 0.717) is 10.0 Å². The summed E-state index contributed by atoms with van der Waals surface area (Å²) in [5.41, 5.74) is 1.92. The van der Waals surface area contributed by atoms with Gasteiger partial charge in [-0.3, -0.25) is 9.69 Å². The van der Waals surface area contributed by atoms with Crippen molar-refractivity contribution in [3.05, 3.63) is 58.1 Å². The van der Waals surface area contributed by atoms with Gasteiger partial charge < -0.3 is 10.1 Å². The molecule has 150 valence electrons. The highest BCUT2D eigenvalue weighted by molar-refractivity contribution is 6.42. The number of amides is 1. The Morgan fingerprint density at radius 3 is 2.57 bits per heavy atom. The number of nitrogens with one attached hydrogen (secondary N) is 1. The molecule has 2 aromatic rings. The molecule has 1 saturated heterocycles. The maximum Gasteiger partial charge on any atom is 0.227 e. The molecule has 1 aliphatic heterocycles. The van der Waals surface area contributed by atoms with Crippen molar-refractivity contribution in [2.45, 2.75) is 39.3 Å². The summed E-state index contributed by atoms with van der Waals surface area (Å²) in [6.07, 6.45) is 1.79. The maximum atomic E-state index is 12.6. The molecule has 3 rings (SSSR count). The third-order valence-corrected chi connectivity index (χ3v) is 5.56. The Morgan fingerprint density at radius 2 is 1.89 bits per heavy atom. The molecular formula is C22H26Cl2N2O2. The van der Waals surface area contributed by atoms with Crippen molar-refractivity contribution in [1.29, 1.82) is 0 Å². The smallest absolute Gasteiger partial charge is 0.227 e. The predicted octanol–water partition coefficient (Wildman–Crippen LogP) is 5.63. The van der Waals surface area contributed by atoms with Crippen molar-refractivity contribution >= 4 is 34.8 Å². The monoisotopic (exact) mass is 420 g/mol. The minimum absolute atomic E-state index is 0.0275. The number of likely N-dealkylation sites (tertiary alicyclic amines) is 1. The molecule has 0 bridgehead atoms. The Balaban J connectivity index is 1.50. The van der Waals surface area contributed by atoms with Crippen LogP contribution in [-0.2, 0) is 11.3 Å². The molecule has 1 amide bonds. The second-order valence-corrected chi connectivity index (χ2v) is 8.30. The average Bonchev–Trinajstić information content (AvgIpc) is 2.65. The third-order valence-electron chi connectivity index (χ3n) is 4.82. The Hall–Kier alpha value is -1.75. The van der Waals surface area contributed by atoms with Gasteiger partial charge in [0.05, 0.1) is 16.1 Å².